The van der Waals surface area contributed by atoms with Gasteiger partial charge in [0, 0.05) is 6.54 Å². The summed E-state index contributed by atoms with van der Waals surface area (Å²) in [5.74, 6) is 2.44. The van der Waals surface area contributed by atoms with Crippen LogP contribution in [0.2, 0.25) is 0 Å². The SMILES string of the molecule is Cc1cc(NCC2CC3CCC2C3)c(N)cc1F. The summed E-state index contributed by atoms with van der Waals surface area (Å²) in [6, 6.07) is 3.23. The number of halogens is 1. The highest BCUT2D eigenvalue weighted by Gasteiger charge is 2.39. The number of nitrogens with one attached hydrogen (secondary N) is 1. The maximum atomic E-state index is 13.3. The molecule has 3 N–H and O–H groups in total. The van der Waals surface area contributed by atoms with E-state index in [1.165, 1.54) is 31.7 Å². The summed E-state index contributed by atoms with van der Waals surface area (Å²) in [5, 5.41) is 3.42. The average molecular weight is 248 g/mol. The van der Waals surface area contributed by atoms with Gasteiger partial charge in [-0.05, 0) is 61.6 Å². The van der Waals surface area contributed by atoms with E-state index >= 15 is 0 Å². The molecule has 0 spiro atoms. The lowest BCUT2D eigenvalue weighted by atomic mass is 9.89. The number of anilines is 2. The van der Waals surface area contributed by atoms with Crippen molar-refractivity contribution in [2.24, 2.45) is 17.8 Å². The normalized spacial score (nSPS) is 29.8. The van der Waals surface area contributed by atoms with Gasteiger partial charge >= 0.3 is 0 Å². The number of aryl methyl sites for hydroxylation is 1. The third-order valence-corrected chi connectivity index (χ3v) is 4.77. The maximum absolute atomic E-state index is 13.3. The van der Waals surface area contributed by atoms with E-state index in [0.717, 1.165) is 30.0 Å². The Morgan fingerprint density at radius 1 is 1.33 bits per heavy atom. The van der Waals surface area contributed by atoms with E-state index in [0.29, 0.717) is 11.3 Å². The molecule has 98 valence electrons. The van der Waals surface area contributed by atoms with Gasteiger partial charge in [0.2, 0.25) is 0 Å². The third kappa shape index (κ3) is 2.06. The number of fused-ring (bicyclic) bond motifs is 2. The van der Waals surface area contributed by atoms with Crippen molar-refractivity contribution in [1.29, 1.82) is 0 Å². The molecule has 0 aliphatic heterocycles. The second kappa shape index (κ2) is 4.45. The summed E-state index contributed by atoms with van der Waals surface area (Å²) >= 11 is 0. The molecule has 2 bridgehead atoms. The molecule has 3 unspecified atom stereocenters. The van der Waals surface area contributed by atoms with Crippen LogP contribution in [0.4, 0.5) is 15.8 Å². The topological polar surface area (TPSA) is 38.0 Å². The Morgan fingerprint density at radius 2 is 2.17 bits per heavy atom. The predicted molar refractivity (Wildman–Crippen MR) is 73.0 cm³/mol. The second-order valence-corrected chi connectivity index (χ2v) is 6.00. The lowest BCUT2D eigenvalue weighted by Gasteiger charge is -2.23. The first-order valence-corrected chi connectivity index (χ1v) is 6.93. The van der Waals surface area contributed by atoms with Crippen LogP contribution in [0.3, 0.4) is 0 Å². The smallest absolute Gasteiger partial charge is 0.128 e. The van der Waals surface area contributed by atoms with E-state index in [-0.39, 0.29) is 5.82 Å². The highest BCUT2D eigenvalue weighted by Crippen LogP contribution is 2.48. The molecule has 1 aromatic carbocycles. The van der Waals surface area contributed by atoms with Crippen LogP contribution in [0.15, 0.2) is 12.1 Å². The van der Waals surface area contributed by atoms with Gasteiger partial charge in [-0.1, -0.05) is 6.42 Å². The number of benzene rings is 1. The molecule has 2 saturated carbocycles. The fourth-order valence-corrected chi connectivity index (χ4v) is 3.72. The van der Waals surface area contributed by atoms with Crippen LogP contribution in [-0.4, -0.2) is 6.54 Å². The van der Waals surface area contributed by atoms with Gasteiger partial charge < -0.3 is 11.1 Å². The van der Waals surface area contributed by atoms with E-state index in [9.17, 15) is 4.39 Å². The quantitative estimate of drug-likeness (QED) is 0.803. The summed E-state index contributed by atoms with van der Waals surface area (Å²) in [6.45, 7) is 2.76. The summed E-state index contributed by atoms with van der Waals surface area (Å²) in [4.78, 5) is 0. The van der Waals surface area contributed by atoms with Crippen molar-refractivity contribution in [1.82, 2.24) is 0 Å². The first kappa shape index (κ1) is 11.8. The van der Waals surface area contributed by atoms with Crippen LogP contribution >= 0.6 is 0 Å². The van der Waals surface area contributed by atoms with Crippen LogP contribution in [0, 0.1) is 30.5 Å². The Bertz CT molecular complexity index is 458. The van der Waals surface area contributed by atoms with E-state index in [4.69, 9.17) is 5.73 Å². The molecule has 2 aliphatic carbocycles. The first-order valence-electron chi connectivity index (χ1n) is 6.93. The van der Waals surface area contributed by atoms with E-state index in [1.807, 2.05) is 6.07 Å². The van der Waals surface area contributed by atoms with Gasteiger partial charge in [0.25, 0.3) is 0 Å². The van der Waals surface area contributed by atoms with Crippen molar-refractivity contribution >= 4 is 11.4 Å². The number of nitrogen functional groups attached to an aromatic ring is 1. The van der Waals surface area contributed by atoms with Crippen LogP contribution in [0.25, 0.3) is 0 Å². The van der Waals surface area contributed by atoms with Crippen LogP contribution < -0.4 is 11.1 Å². The summed E-state index contributed by atoms with van der Waals surface area (Å²) in [6.07, 6.45) is 5.61. The molecule has 2 nitrogen and oxygen atoms in total. The Morgan fingerprint density at radius 3 is 2.83 bits per heavy atom. The first-order chi connectivity index (χ1) is 8.63. The Labute approximate surface area is 108 Å². The lowest BCUT2D eigenvalue weighted by molar-refractivity contribution is 0.348. The molecule has 2 fully saturated rings. The minimum Gasteiger partial charge on any atom is -0.397 e. The molecule has 2 aliphatic rings. The van der Waals surface area contributed by atoms with Gasteiger partial charge in [-0.3, -0.25) is 0 Å². The van der Waals surface area contributed by atoms with Crippen molar-refractivity contribution < 1.29 is 4.39 Å². The van der Waals surface area contributed by atoms with Crippen LogP contribution in [-0.2, 0) is 0 Å². The second-order valence-electron chi connectivity index (χ2n) is 6.00. The van der Waals surface area contributed by atoms with Crippen molar-refractivity contribution in [3.05, 3.63) is 23.5 Å². The molecule has 0 aromatic heterocycles. The average Bonchev–Trinajstić information content (AvgIpc) is 2.94. The van der Waals surface area contributed by atoms with E-state index < -0.39 is 0 Å². The third-order valence-electron chi connectivity index (χ3n) is 4.77. The van der Waals surface area contributed by atoms with Crippen molar-refractivity contribution in [3.63, 3.8) is 0 Å². The predicted octanol–water partition coefficient (Wildman–Crippen LogP) is 3.56. The fourth-order valence-electron chi connectivity index (χ4n) is 3.72. The minimum absolute atomic E-state index is 0.224. The van der Waals surface area contributed by atoms with Crippen molar-refractivity contribution in [2.45, 2.75) is 32.6 Å². The van der Waals surface area contributed by atoms with Crippen molar-refractivity contribution in [2.75, 3.05) is 17.6 Å². The zero-order valence-electron chi connectivity index (χ0n) is 10.9. The molecule has 0 heterocycles. The summed E-state index contributed by atoms with van der Waals surface area (Å²) in [7, 11) is 0. The van der Waals surface area contributed by atoms with Crippen LogP contribution in [0.5, 0.6) is 0 Å². The molecule has 18 heavy (non-hydrogen) atoms. The Balaban J connectivity index is 1.65. The number of rotatable bonds is 3. The van der Waals surface area contributed by atoms with Crippen molar-refractivity contribution in [3.8, 4) is 0 Å². The Hall–Kier alpha value is -1.25. The summed E-state index contributed by atoms with van der Waals surface area (Å²) in [5.41, 5.74) is 7.90. The van der Waals surface area contributed by atoms with E-state index in [1.54, 1.807) is 6.92 Å². The maximum Gasteiger partial charge on any atom is 0.128 e. The highest BCUT2D eigenvalue weighted by molar-refractivity contribution is 5.67. The summed E-state index contributed by atoms with van der Waals surface area (Å²) < 4.78 is 13.3. The van der Waals surface area contributed by atoms with Gasteiger partial charge in [0.15, 0.2) is 0 Å². The largest absolute Gasteiger partial charge is 0.397 e. The number of hydrogen-bond donors (Lipinski definition) is 2. The monoisotopic (exact) mass is 248 g/mol. The van der Waals surface area contributed by atoms with Gasteiger partial charge in [-0.15, -0.1) is 0 Å². The molecule has 3 heteroatoms. The molecule has 0 amide bonds. The zero-order chi connectivity index (χ0) is 12.7. The fraction of sp³-hybridized carbons (Fsp3) is 0.600. The lowest BCUT2D eigenvalue weighted by Crippen LogP contribution is -2.20. The minimum atomic E-state index is -0.224. The Kier molecular flexibility index (Phi) is 2.92. The van der Waals surface area contributed by atoms with Gasteiger partial charge in [-0.25, -0.2) is 4.39 Å². The van der Waals surface area contributed by atoms with E-state index in [2.05, 4.69) is 5.32 Å². The zero-order valence-corrected chi connectivity index (χ0v) is 10.9. The molecular weight excluding hydrogens is 227 g/mol. The number of nitrogens with two attached hydrogens (primary N) is 1. The van der Waals surface area contributed by atoms with Gasteiger partial charge in [0.05, 0.1) is 11.4 Å². The molecule has 1 aromatic rings. The molecule has 3 rings (SSSR count). The molecular formula is C15H21FN2. The van der Waals surface area contributed by atoms with Gasteiger partial charge in [0.1, 0.15) is 5.82 Å². The highest BCUT2D eigenvalue weighted by atomic mass is 19.1. The molecule has 0 radical (unpaired) electrons. The van der Waals surface area contributed by atoms with Crippen LogP contribution in [0.1, 0.15) is 31.2 Å². The molecule has 3 atom stereocenters. The van der Waals surface area contributed by atoms with Gasteiger partial charge in [-0.2, -0.15) is 0 Å². The number of hydrogen-bond acceptors (Lipinski definition) is 2. The standard InChI is InChI=1S/C15H21FN2/c1-9-4-15(14(17)7-13(9)16)18-8-12-6-10-2-3-11(12)5-10/h4,7,10-12,18H,2-3,5-6,8,17H2,1H3. The molecule has 0 saturated heterocycles.